The Kier molecular flexibility index (Phi) is 5.55. The van der Waals surface area contributed by atoms with Crippen LogP contribution in [0.2, 0.25) is 0 Å². The van der Waals surface area contributed by atoms with Crippen LogP contribution >= 0.6 is 0 Å². The van der Waals surface area contributed by atoms with Gasteiger partial charge in [0, 0.05) is 11.6 Å². The SMILES string of the molecule is Cc1cccc(CCc2ccc(CCC3=C(O)C(=O)C=C(O)C3=O)cc2)c1. The molecule has 4 heteroatoms. The highest BCUT2D eigenvalue weighted by molar-refractivity contribution is 6.20. The van der Waals surface area contributed by atoms with E-state index < -0.39 is 23.1 Å². The summed E-state index contributed by atoms with van der Waals surface area (Å²) in [7, 11) is 0. The third-order valence-electron chi connectivity index (χ3n) is 4.77. The Hall–Kier alpha value is -3.14. The molecule has 0 heterocycles. The van der Waals surface area contributed by atoms with Crippen molar-refractivity contribution in [1.82, 2.24) is 0 Å². The summed E-state index contributed by atoms with van der Waals surface area (Å²) in [5, 5.41) is 19.3. The summed E-state index contributed by atoms with van der Waals surface area (Å²) in [5.74, 6) is -2.58. The Morgan fingerprint density at radius 1 is 0.778 bits per heavy atom. The molecule has 0 spiro atoms. The molecule has 0 bridgehead atoms. The fourth-order valence-corrected chi connectivity index (χ4v) is 3.20. The van der Waals surface area contributed by atoms with Crippen LogP contribution in [0.4, 0.5) is 0 Å². The van der Waals surface area contributed by atoms with Gasteiger partial charge in [-0.2, -0.15) is 0 Å². The Labute approximate surface area is 158 Å². The van der Waals surface area contributed by atoms with Crippen LogP contribution in [0.1, 0.15) is 28.7 Å². The highest BCUT2D eigenvalue weighted by atomic mass is 16.3. The van der Waals surface area contributed by atoms with Gasteiger partial charge in [0.2, 0.25) is 11.6 Å². The molecule has 3 rings (SSSR count). The van der Waals surface area contributed by atoms with Crippen LogP contribution in [-0.2, 0) is 28.9 Å². The van der Waals surface area contributed by atoms with Crippen LogP contribution in [0.25, 0.3) is 0 Å². The first-order valence-electron chi connectivity index (χ1n) is 8.99. The highest BCUT2D eigenvalue weighted by Gasteiger charge is 2.27. The topological polar surface area (TPSA) is 74.6 Å². The molecule has 0 atom stereocenters. The van der Waals surface area contributed by atoms with E-state index in [1.807, 2.05) is 12.1 Å². The van der Waals surface area contributed by atoms with Crippen LogP contribution in [-0.4, -0.2) is 21.8 Å². The number of benzene rings is 2. The molecule has 2 aromatic rings. The Balaban J connectivity index is 1.59. The fourth-order valence-electron chi connectivity index (χ4n) is 3.20. The van der Waals surface area contributed by atoms with E-state index >= 15 is 0 Å². The van der Waals surface area contributed by atoms with Crippen molar-refractivity contribution in [3.05, 3.63) is 94.0 Å². The van der Waals surface area contributed by atoms with Gasteiger partial charge >= 0.3 is 0 Å². The molecule has 4 nitrogen and oxygen atoms in total. The molecule has 1 aliphatic rings. The number of hydrogen-bond acceptors (Lipinski definition) is 4. The molecule has 0 saturated carbocycles. The van der Waals surface area contributed by atoms with Crippen molar-refractivity contribution in [2.75, 3.05) is 0 Å². The molecule has 1 aliphatic carbocycles. The lowest BCUT2D eigenvalue weighted by Crippen LogP contribution is -2.19. The fraction of sp³-hybridized carbons (Fsp3) is 0.217. The number of aliphatic hydroxyl groups is 2. The predicted octanol–water partition coefficient (Wildman–Crippen LogP) is 4.12. The van der Waals surface area contributed by atoms with Crippen LogP contribution in [0, 0.1) is 6.92 Å². The molecule has 27 heavy (non-hydrogen) atoms. The third kappa shape index (κ3) is 4.53. The molecular weight excluding hydrogens is 340 g/mol. The zero-order chi connectivity index (χ0) is 19.4. The minimum Gasteiger partial charge on any atom is -0.504 e. The van der Waals surface area contributed by atoms with Gasteiger partial charge in [-0.1, -0.05) is 54.1 Å². The van der Waals surface area contributed by atoms with Crippen LogP contribution < -0.4 is 0 Å². The maximum atomic E-state index is 11.9. The van der Waals surface area contributed by atoms with Gasteiger partial charge in [-0.05, 0) is 49.3 Å². The van der Waals surface area contributed by atoms with Crippen molar-refractivity contribution in [3.63, 3.8) is 0 Å². The van der Waals surface area contributed by atoms with E-state index in [0.717, 1.165) is 24.5 Å². The quantitative estimate of drug-likeness (QED) is 0.758. The van der Waals surface area contributed by atoms with Crippen LogP contribution in [0.15, 0.2) is 71.7 Å². The molecule has 2 N–H and O–H groups in total. The van der Waals surface area contributed by atoms with E-state index in [9.17, 15) is 19.8 Å². The summed E-state index contributed by atoms with van der Waals surface area (Å²) in [5.41, 5.74) is 4.78. The second kappa shape index (κ2) is 8.04. The van der Waals surface area contributed by atoms with Gasteiger partial charge in [-0.15, -0.1) is 0 Å². The molecule has 0 radical (unpaired) electrons. The van der Waals surface area contributed by atoms with E-state index in [1.165, 1.54) is 16.7 Å². The number of Topliss-reactive ketones (excluding diaryl/α,β-unsaturated/α-hetero) is 1. The number of allylic oxidation sites excluding steroid dienone is 2. The number of rotatable bonds is 6. The van der Waals surface area contributed by atoms with E-state index in [2.05, 4.69) is 43.3 Å². The van der Waals surface area contributed by atoms with Gasteiger partial charge in [0.25, 0.3) is 0 Å². The average molecular weight is 362 g/mol. The van der Waals surface area contributed by atoms with Gasteiger partial charge in [-0.25, -0.2) is 0 Å². The minimum atomic E-state index is -0.728. The van der Waals surface area contributed by atoms with Gasteiger partial charge in [0.1, 0.15) is 0 Å². The normalized spacial score (nSPS) is 14.5. The van der Waals surface area contributed by atoms with Crippen LogP contribution in [0.3, 0.4) is 0 Å². The maximum Gasteiger partial charge on any atom is 0.227 e. The Bertz CT molecular complexity index is 933. The van der Waals surface area contributed by atoms with E-state index in [4.69, 9.17) is 0 Å². The molecule has 0 fully saturated rings. The molecule has 2 aromatic carbocycles. The summed E-state index contributed by atoms with van der Waals surface area (Å²) in [6, 6.07) is 16.6. The van der Waals surface area contributed by atoms with Crippen molar-refractivity contribution >= 4 is 11.6 Å². The second-order valence-electron chi connectivity index (χ2n) is 6.86. The predicted molar refractivity (Wildman–Crippen MR) is 104 cm³/mol. The first kappa shape index (κ1) is 18.6. The summed E-state index contributed by atoms with van der Waals surface area (Å²) < 4.78 is 0. The minimum absolute atomic E-state index is 0.0245. The van der Waals surface area contributed by atoms with Crippen molar-refractivity contribution in [3.8, 4) is 0 Å². The van der Waals surface area contributed by atoms with Gasteiger partial charge in [-0.3, -0.25) is 9.59 Å². The molecule has 0 saturated heterocycles. The summed E-state index contributed by atoms with van der Waals surface area (Å²) >= 11 is 0. The molecule has 0 unspecified atom stereocenters. The third-order valence-corrected chi connectivity index (χ3v) is 4.77. The molecule has 0 aliphatic heterocycles. The zero-order valence-electron chi connectivity index (χ0n) is 15.2. The van der Waals surface area contributed by atoms with E-state index in [-0.39, 0.29) is 12.0 Å². The maximum absolute atomic E-state index is 11.9. The summed E-state index contributed by atoms with van der Waals surface area (Å²) in [6.45, 7) is 2.09. The number of aliphatic hydroxyl groups excluding tert-OH is 2. The average Bonchev–Trinajstić information content (AvgIpc) is 2.66. The standard InChI is InChI=1S/C23H22O4/c1-15-3-2-4-18(13-15)10-9-16-5-7-17(8-6-16)11-12-19-22(26)20(24)14-21(25)23(19)27/h2-8,13-14,24,27H,9-12H2,1H3. The lowest BCUT2D eigenvalue weighted by atomic mass is 9.94. The number of aryl methyl sites for hydroxylation is 4. The lowest BCUT2D eigenvalue weighted by Gasteiger charge is -2.12. The highest BCUT2D eigenvalue weighted by Crippen LogP contribution is 2.21. The summed E-state index contributed by atoms with van der Waals surface area (Å²) in [6.07, 6.45) is 3.39. The van der Waals surface area contributed by atoms with Crippen molar-refractivity contribution in [2.24, 2.45) is 0 Å². The molecule has 0 aromatic heterocycles. The smallest absolute Gasteiger partial charge is 0.227 e. The number of carbonyl (C=O) groups excluding carboxylic acids is 2. The Morgan fingerprint density at radius 3 is 2.00 bits per heavy atom. The molecule has 138 valence electrons. The second-order valence-corrected chi connectivity index (χ2v) is 6.86. The van der Waals surface area contributed by atoms with Crippen LogP contribution in [0.5, 0.6) is 0 Å². The largest absolute Gasteiger partial charge is 0.504 e. The van der Waals surface area contributed by atoms with E-state index in [0.29, 0.717) is 6.42 Å². The van der Waals surface area contributed by atoms with E-state index in [1.54, 1.807) is 0 Å². The number of ketones is 2. The van der Waals surface area contributed by atoms with Crippen molar-refractivity contribution < 1.29 is 19.8 Å². The van der Waals surface area contributed by atoms with Gasteiger partial charge < -0.3 is 10.2 Å². The monoisotopic (exact) mass is 362 g/mol. The van der Waals surface area contributed by atoms with Crippen molar-refractivity contribution in [2.45, 2.75) is 32.6 Å². The van der Waals surface area contributed by atoms with Gasteiger partial charge in [0.15, 0.2) is 11.5 Å². The zero-order valence-corrected chi connectivity index (χ0v) is 15.2. The first-order chi connectivity index (χ1) is 12.9. The number of hydrogen-bond donors (Lipinski definition) is 2. The number of carbonyl (C=O) groups is 2. The summed E-state index contributed by atoms with van der Waals surface area (Å²) in [4.78, 5) is 23.4. The van der Waals surface area contributed by atoms with Crippen molar-refractivity contribution in [1.29, 1.82) is 0 Å². The molecular formula is C23H22O4. The van der Waals surface area contributed by atoms with Gasteiger partial charge in [0.05, 0.1) is 0 Å². The lowest BCUT2D eigenvalue weighted by molar-refractivity contribution is -0.119. The Morgan fingerprint density at radius 2 is 1.37 bits per heavy atom. The first-order valence-corrected chi connectivity index (χ1v) is 8.99. The molecule has 0 amide bonds.